The van der Waals surface area contributed by atoms with E-state index in [0.717, 1.165) is 0 Å². The lowest BCUT2D eigenvalue weighted by Crippen LogP contribution is -2.31. The quantitative estimate of drug-likeness (QED) is 0.645. The Morgan fingerprint density at radius 2 is 1.89 bits per heavy atom. The molecule has 3 rings (SSSR count). The van der Waals surface area contributed by atoms with Gasteiger partial charge in [0.1, 0.15) is 12.1 Å². The summed E-state index contributed by atoms with van der Waals surface area (Å²) in [4.78, 5) is 0.170. The molecule has 0 aliphatic carbocycles. The zero-order valence-electron chi connectivity index (χ0n) is 9.25. The van der Waals surface area contributed by atoms with Crippen LogP contribution in [0, 0.1) is 22.7 Å². The van der Waals surface area contributed by atoms with Crippen LogP contribution in [0.15, 0.2) is 29.2 Å². The van der Waals surface area contributed by atoms with Gasteiger partial charge in [-0.15, -0.1) is 0 Å². The highest BCUT2D eigenvalue weighted by Crippen LogP contribution is 2.60. The first-order valence-electron chi connectivity index (χ1n) is 5.36. The molecule has 0 amide bonds. The number of fused-ring (bicyclic) bond motifs is 2. The van der Waals surface area contributed by atoms with Crippen molar-refractivity contribution in [3.8, 4) is 12.1 Å². The third kappa shape index (κ3) is 1.09. The topological polar surface area (TPSA) is 94.2 Å². The monoisotopic (exact) mass is 260 g/mol. The molecule has 1 aromatic carbocycles. The van der Waals surface area contributed by atoms with E-state index in [4.69, 9.17) is 15.3 Å². The second-order valence-corrected chi connectivity index (χ2v) is 6.48. The molecular formula is C12H8N2O3S. The molecule has 18 heavy (non-hydrogen) atoms. The Morgan fingerprint density at radius 3 is 2.50 bits per heavy atom. The van der Waals surface area contributed by atoms with Crippen LogP contribution < -0.4 is 0 Å². The molecular weight excluding hydrogens is 252 g/mol. The molecule has 1 atom stereocenters. The lowest BCUT2D eigenvalue weighted by atomic mass is 9.85. The summed E-state index contributed by atoms with van der Waals surface area (Å²) >= 11 is 0. The molecule has 0 unspecified atom stereocenters. The Labute approximate surface area is 104 Å². The summed E-state index contributed by atoms with van der Waals surface area (Å²) in [6.07, 6.45) is 0.146. The lowest BCUT2D eigenvalue weighted by molar-refractivity contribution is 0.281. The zero-order chi connectivity index (χ0) is 13.0. The van der Waals surface area contributed by atoms with E-state index < -0.39 is 21.0 Å². The average Bonchev–Trinajstić information content (AvgIpc) is 3.05. The van der Waals surface area contributed by atoms with E-state index in [9.17, 15) is 8.42 Å². The summed E-state index contributed by atoms with van der Waals surface area (Å²) in [5.41, 5.74) is -2.18. The molecule has 0 saturated carbocycles. The van der Waals surface area contributed by atoms with Crippen LogP contribution >= 0.6 is 0 Å². The van der Waals surface area contributed by atoms with Gasteiger partial charge in [0.25, 0.3) is 5.60 Å². The van der Waals surface area contributed by atoms with Crippen LogP contribution in [-0.2, 0) is 20.2 Å². The first kappa shape index (κ1) is 11.2. The minimum atomic E-state index is -3.34. The Balaban J connectivity index is 2.27. The van der Waals surface area contributed by atoms with E-state index in [1.807, 2.05) is 12.1 Å². The van der Waals surface area contributed by atoms with Gasteiger partial charge in [-0.2, -0.15) is 10.5 Å². The SMILES string of the molecule is N#CC1(C#N)O[C@]12CCS(=O)(=O)c1ccccc12. The largest absolute Gasteiger partial charge is 0.328 e. The van der Waals surface area contributed by atoms with Gasteiger partial charge in [-0.1, -0.05) is 18.2 Å². The maximum absolute atomic E-state index is 12.0. The maximum atomic E-state index is 12.0. The third-order valence-corrected chi connectivity index (χ3v) is 5.32. The summed E-state index contributed by atoms with van der Waals surface area (Å²) in [7, 11) is -3.34. The van der Waals surface area contributed by atoms with E-state index in [-0.39, 0.29) is 17.1 Å². The van der Waals surface area contributed by atoms with Gasteiger partial charge < -0.3 is 4.74 Å². The minimum Gasteiger partial charge on any atom is -0.328 e. The normalized spacial score (nSPS) is 29.9. The predicted octanol–water partition coefficient (Wildman–Crippen LogP) is 0.875. The standard InChI is InChI=1S/C12H8N2O3S/c13-7-11(8-14)12(17-11)5-6-18(15,16)10-4-2-1-3-9(10)12/h1-4H,5-6H2/t12-/m0/s1. The van der Waals surface area contributed by atoms with E-state index in [2.05, 4.69) is 0 Å². The lowest BCUT2D eigenvalue weighted by Gasteiger charge is -2.22. The maximum Gasteiger partial charge on any atom is 0.275 e. The highest BCUT2D eigenvalue weighted by molar-refractivity contribution is 7.91. The van der Waals surface area contributed by atoms with Gasteiger partial charge in [-0.3, -0.25) is 0 Å². The van der Waals surface area contributed by atoms with Crippen LogP contribution in [0.4, 0.5) is 0 Å². The molecule has 2 aliphatic heterocycles. The second-order valence-electron chi connectivity index (χ2n) is 4.40. The molecule has 1 spiro atoms. The highest BCUT2D eigenvalue weighted by atomic mass is 32.2. The highest BCUT2D eigenvalue weighted by Gasteiger charge is 2.75. The summed E-state index contributed by atoms with van der Waals surface area (Å²) in [6, 6.07) is 10.1. The first-order valence-corrected chi connectivity index (χ1v) is 7.01. The number of hydrogen-bond donors (Lipinski definition) is 0. The molecule has 2 aliphatic rings. The Morgan fingerprint density at radius 1 is 1.22 bits per heavy atom. The minimum absolute atomic E-state index is 0.102. The summed E-state index contributed by atoms with van der Waals surface area (Å²) in [5, 5.41) is 18.2. The van der Waals surface area contributed by atoms with Crippen molar-refractivity contribution in [2.45, 2.75) is 22.5 Å². The molecule has 1 fully saturated rings. The molecule has 90 valence electrons. The van der Waals surface area contributed by atoms with Crippen LogP contribution in [0.5, 0.6) is 0 Å². The van der Waals surface area contributed by atoms with Gasteiger partial charge in [-0.05, 0) is 6.07 Å². The van der Waals surface area contributed by atoms with Crippen molar-refractivity contribution in [3.05, 3.63) is 29.8 Å². The van der Waals surface area contributed by atoms with Gasteiger partial charge in [0, 0.05) is 12.0 Å². The van der Waals surface area contributed by atoms with Gasteiger partial charge in [0.15, 0.2) is 15.4 Å². The summed E-state index contributed by atoms with van der Waals surface area (Å²) < 4.78 is 29.3. The molecule has 0 N–H and O–H groups in total. The van der Waals surface area contributed by atoms with Gasteiger partial charge in [0.05, 0.1) is 10.6 Å². The number of hydrogen-bond acceptors (Lipinski definition) is 5. The molecule has 6 heteroatoms. The molecule has 1 saturated heterocycles. The fourth-order valence-corrected chi connectivity index (χ4v) is 4.18. The fourth-order valence-electron chi connectivity index (χ4n) is 2.55. The first-order chi connectivity index (χ1) is 8.51. The van der Waals surface area contributed by atoms with Crippen LogP contribution in [0.2, 0.25) is 0 Å². The Bertz CT molecular complexity index is 712. The summed E-state index contributed by atoms with van der Waals surface area (Å²) in [5.74, 6) is -0.102. The number of nitriles is 2. The van der Waals surface area contributed by atoms with Crippen molar-refractivity contribution in [1.29, 1.82) is 10.5 Å². The molecule has 0 bridgehead atoms. The van der Waals surface area contributed by atoms with Crippen molar-refractivity contribution in [3.63, 3.8) is 0 Å². The van der Waals surface area contributed by atoms with Gasteiger partial charge in [-0.25, -0.2) is 8.42 Å². The zero-order valence-corrected chi connectivity index (χ0v) is 10.1. The van der Waals surface area contributed by atoms with Crippen LogP contribution in [0.25, 0.3) is 0 Å². The number of epoxide rings is 1. The van der Waals surface area contributed by atoms with Crippen molar-refractivity contribution < 1.29 is 13.2 Å². The molecule has 0 radical (unpaired) electrons. The molecule has 2 heterocycles. The van der Waals surface area contributed by atoms with Gasteiger partial charge in [0.2, 0.25) is 0 Å². The fraction of sp³-hybridized carbons (Fsp3) is 0.333. The smallest absolute Gasteiger partial charge is 0.275 e. The van der Waals surface area contributed by atoms with Crippen molar-refractivity contribution in [2.75, 3.05) is 5.75 Å². The van der Waals surface area contributed by atoms with Gasteiger partial charge >= 0.3 is 0 Å². The molecule has 1 aromatic rings. The van der Waals surface area contributed by atoms with Crippen LogP contribution in [0.3, 0.4) is 0 Å². The van der Waals surface area contributed by atoms with E-state index in [1.54, 1.807) is 18.2 Å². The number of sulfone groups is 1. The van der Waals surface area contributed by atoms with E-state index >= 15 is 0 Å². The van der Waals surface area contributed by atoms with Crippen LogP contribution in [0.1, 0.15) is 12.0 Å². The van der Waals surface area contributed by atoms with Crippen molar-refractivity contribution in [2.24, 2.45) is 0 Å². The number of rotatable bonds is 0. The van der Waals surface area contributed by atoms with E-state index in [0.29, 0.717) is 5.56 Å². The van der Waals surface area contributed by atoms with Crippen molar-refractivity contribution >= 4 is 9.84 Å². The predicted molar refractivity (Wildman–Crippen MR) is 59.8 cm³/mol. The average molecular weight is 260 g/mol. The number of benzene rings is 1. The number of ether oxygens (including phenoxy) is 1. The second kappa shape index (κ2) is 3.11. The van der Waals surface area contributed by atoms with Crippen molar-refractivity contribution in [1.82, 2.24) is 0 Å². The molecule has 0 aromatic heterocycles. The Hall–Kier alpha value is -1.89. The molecule has 5 nitrogen and oxygen atoms in total. The summed E-state index contributed by atoms with van der Waals surface area (Å²) in [6.45, 7) is 0. The Kier molecular flexibility index (Phi) is 1.94. The number of nitrogens with zero attached hydrogens (tertiary/aromatic N) is 2. The van der Waals surface area contributed by atoms with E-state index in [1.165, 1.54) is 6.07 Å². The third-order valence-electron chi connectivity index (χ3n) is 3.55. The van der Waals surface area contributed by atoms with Crippen LogP contribution in [-0.4, -0.2) is 19.8 Å².